The summed E-state index contributed by atoms with van der Waals surface area (Å²) in [6, 6.07) is 11.1. The summed E-state index contributed by atoms with van der Waals surface area (Å²) in [5.74, 6) is 1.18. The fraction of sp³-hybridized carbons (Fsp3) is 0.222. The highest BCUT2D eigenvalue weighted by Crippen LogP contribution is 2.34. The van der Waals surface area contributed by atoms with Crippen LogP contribution in [0.4, 0.5) is 0 Å². The summed E-state index contributed by atoms with van der Waals surface area (Å²) in [4.78, 5) is 17.4. The lowest BCUT2D eigenvalue weighted by atomic mass is 10.1. The van der Waals surface area contributed by atoms with Crippen LogP contribution in [0.3, 0.4) is 0 Å². The van der Waals surface area contributed by atoms with Gasteiger partial charge in [0, 0.05) is 12.6 Å². The zero-order valence-electron chi connectivity index (χ0n) is 14.0. The molecule has 0 aliphatic rings. The maximum absolute atomic E-state index is 12.5. The van der Waals surface area contributed by atoms with E-state index in [1.165, 1.54) is 11.3 Å². The van der Waals surface area contributed by atoms with Gasteiger partial charge in [0.25, 0.3) is 5.91 Å². The number of ether oxygens (including phenoxy) is 2. The standard InChI is InChI=1S/C18H18N2O3S/c1-11-6-5-7-12(10-11)17(21)19-18-20(2)15-13(22-3)8-9-14(23-4)16(15)24-18/h5-10H,1-4H3. The summed E-state index contributed by atoms with van der Waals surface area (Å²) in [5.41, 5.74) is 2.46. The molecular formula is C18H18N2O3S. The highest BCUT2D eigenvalue weighted by atomic mass is 32.1. The number of nitrogens with zero attached hydrogens (tertiary/aromatic N) is 2. The Morgan fingerprint density at radius 1 is 1.12 bits per heavy atom. The maximum atomic E-state index is 12.5. The van der Waals surface area contributed by atoms with Gasteiger partial charge in [-0.1, -0.05) is 29.0 Å². The molecule has 3 aromatic rings. The number of rotatable bonds is 3. The van der Waals surface area contributed by atoms with Crippen molar-refractivity contribution in [3.05, 3.63) is 52.3 Å². The Kier molecular flexibility index (Phi) is 4.40. The van der Waals surface area contributed by atoms with Crippen molar-refractivity contribution in [2.24, 2.45) is 12.0 Å². The smallest absolute Gasteiger partial charge is 0.279 e. The number of fused-ring (bicyclic) bond motifs is 1. The molecule has 24 heavy (non-hydrogen) atoms. The van der Waals surface area contributed by atoms with E-state index in [0.717, 1.165) is 21.5 Å². The van der Waals surface area contributed by atoms with Gasteiger partial charge in [-0.2, -0.15) is 4.99 Å². The van der Waals surface area contributed by atoms with Crippen LogP contribution >= 0.6 is 11.3 Å². The number of aromatic nitrogens is 1. The van der Waals surface area contributed by atoms with Crippen LogP contribution in [0.1, 0.15) is 15.9 Å². The van der Waals surface area contributed by atoms with E-state index in [1.54, 1.807) is 20.3 Å². The molecule has 3 rings (SSSR count). The van der Waals surface area contributed by atoms with Crippen LogP contribution in [0.25, 0.3) is 10.2 Å². The minimum Gasteiger partial charge on any atom is -0.495 e. The summed E-state index contributed by atoms with van der Waals surface area (Å²) < 4.78 is 13.6. The average Bonchev–Trinajstić information content (AvgIpc) is 2.91. The molecule has 0 bridgehead atoms. The predicted octanol–water partition coefficient (Wildman–Crippen LogP) is 3.31. The van der Waals surface area contributed by atoms with Gasteiger partial charge in [-0.15, -0.1) is 0 Å². The zero-order chi connectivity index (χ0) is 17.3. The van der Waals surface area contributed by atoms with E-state index in [4.69, 9.17) is 9.47 Å². The molecule has 0 aliphatic heterocycles. The van der Waals surface area contributed by atoms with Crippen molar-refractivity contribution in [2.75, 3.05) is 14.2 Å². The number of hydrogen-bond donors (Lipinski definition) is 0. The lowest BCUT2D eigenvalue weighted by molar-refractivity contribution is 0.0998. The number of aryl methyl sites for hydroxylation is 2. The number of carbonyl (C=O) groups excluding carboxylic acids is 1. The molecule has 1 amide bonds. The number of carbonyl (C=O) groups is 1. The Morgan fingerprint density at radius 3 is 2.50 bits per heavy atom. The van der Waals surface area contributed by atoms with Gasteiger partial charge < -0.3 is 14.0 Å². The van der Waals surface area contributed by atoms with Crippen molar-refractivity contribution in [3.8, 4) is 11.5 Å². The third kappa shape index (κ3) is 2.80. The predicted molar refractivity (Wildman–Crippen MR) is 95.0 cm³/mol. The van der Waals surface area contributed by atoms with Gasteiger partial charge in [-0.3, -0.25) is 4.79 Å². The van der Waals surface area contributed by atoms with Gasteiger partial charge in [-0.05, 0) is 31.2 Å². The van der Waals surface area contributed by atoms with E-state index in [1.807, 2.05) is 48.9 Å². The molecule has 124 valence electrons. The SMILES string of the molecule is COc1ccc(OC)c2c1sc(=NC(=O)c1cccc(C)c1)n2C. The Hall–Kier alpha value is -2.60. The Bertz CT molecular complexity index is 986. The lowest BCUT2D eigenvalue weighted by Gasteiger charge is -2.06. The number of methoxy groups -OCH3 is 2. The molecule has 0 atom stereocenters. The van der Waals surface area contributed by atoms with Crippen LogP contribution in [0.15, 0.2) is 41.4 Å². The first-order valence-electron chi connectivity index (χ1n) is 7.41. The maximum Gasteiger partial charge on any atom is 0.279 e. The van der Waals surface area contributed by atoms with Crippen LogP contribution in [0.2, 0.25) is 0 Å². The molecule has 0 radical (unpaired) electrons. The summed E-state index contributed by atoms with van der Waals surface area (Å²) in [5, 5.41) is 0. The number of benzene rings is 2. The largest absolute Gasteiger partial charge is 0.495 e. The molecule has 1 aromatic heterocycles. The Balaban J connectivity index is 2.20. The van der Waals surface area contributed by atoms with Gasteiger partial charge in [0.2, 0.25) is 0 Å². The summed E-state index contributed by atoms with van der Waals surface area (Å²) in [6.45, 7) is 1.95. The summed E-state index contributed by atoms with van der Waals surface area (Å²) in [7, 11) is 5.10. The van der Waals surface area contributed by atoms with Crippen molar-refractivity contribution < 1.29 is 14.3 Å². The first kappa shape index (κ1) is 16.3. The van der Waals surface area contributed by atoms with E-state index < -0.39 is 0 Å². The lowest BCUT2D eigenvalue weighted by Crippen LogP contribution is -2.13. The minimum absolute atomic E-state index is 0.265. The van der Waals surface area contributed by atoms with E-state index in [-0.39, 0.29) is 5.91 Å². The molecule has 0 saturated carbocycles. The molecule has 0 spiro atoms. The first-order chi connectivity index (χ1) is 11.5. The summed E-state index contributed by atoms with van der Waals surface area (Å²) in [6.07, 6.45) is 0. The molecule has 1 heterocycles. The van der Waals surface area contributed by atoms with Gasteiger partial charge >= 0.3 is 0 Å². The van der Waals surface area contributed by atoms with Crippen LogP contribution in [0, 0.1) is 6.92 Å². The van der Waals surface area contributed by atoms with E-state index in [2.05, 4.69) is 4.99 Å². The average molecular weight is 342 g/mol. The molecule has 0 saturated heterocycles. The Morgan fingerprint density at radius 2 is 1.83 bits per heavy atom. The molecule has 6 heteroatoms. The van der Waals surface area contributed by atoms with Crippen molar-refractivity contribution >= 4 is 27.5 Å². The van der Waals surface area contributed by atoms with Crippen LogP contribution in [-0.2, 0) is 7.05 Å². The van der Waals surface area contributed by atoms with Gasteiger partial charge in [0.15, 0.2) is 4.80 Å². The minimum atomic E-state index is -0.265. The van der Waals surface area contributed by atoms with Gasteiger partial charge in [0.1, 0.15) is 21.7 Å². The second kappa shape index (κ2) is 6.49. The van der Waals surface area contributed by atoms with Gasteiger partial charge in [0.05, 0.1) is 14.2 Å². The fourth-order valence-electron chi connectivity index (χ4n) is 2.56. The number of thiazole rings is 1. The van der Waals surface area contributed by atoms with Crippen molar-refractivity contribution in [1.29, 1.82) is 0 Å². The van der Waals surface area contributed by atoms with Gasteiger partial charge in [-0.25, -0.2) is 0 Å². The number of amides is 1. The Labute approximate surface area is 143 Å². The second-order valence-electron chi connectivity index (χ2n) is 5.38. The summed E-state index contributed by atoms with van der Waals surface area (Å²) >= 11 is 1.40. The molecular weight excluding hydrogens is 324 g/mol. The number of hydrogen-bond acceptors (Lipinski definition) is 4. The normalized spacial score (nSPS) is 11.8. The van der Waals surface area contributed by atoms with Crippen molar-refractivity contribution in [3.63, 3.8) is 0 Å². The topological polar surface area (TPSA) is 52.8 Å². The van der Waals surface area contributed by atoms with E-state index in [0.29, 0.717) is 16.1 Å². The van der Waals surface area contributed by atoms with Crippen LogP contribution in [-0.4, -0.2) is 24.7 Å². The molecule has 0 aliphatic carbocycles. The van der Waals surface area contributed by atoms with E-state index >= 15 is 0 Å². The van der Waals surface area contributed by atoms with Crippen molar-refractivity contribution in [1.82, 2.24) is 4.57 Å². The van der Waals surface area contributed by atoms with E-state index in [9.17, 15) is 4.79 Å². The molecule has 0 unspecified atom stereocenters. The molecule has 0 fully saturated rings. The van der Waals surface area contributed by atoms with Crippen LogP contribution in [0.5, 0.6) is 11.5 Å². The third-order valence-electron chi connectivity index (χ3n) is 3.78. The monoisotopic (exact) mass is 342 g/mol. The molecule has 0 N–H and O–H groups in total. The zero-order valence-corrected chi connectivity index (χ0v) is 14.8. The quantitative estimate of drug-likeness (QED) is 0.734. The molecule has 2 aromatic carbocycles. The second-order valence-corrected chi connectivity index (χ2v) is 6.36. The first-order valence-corrected chi connectivity index (χ1v) is 8.23. The fourth-order valence-corrected chi connectivity index (χ4v) is 3.68. The highest BCUT2D eigenvalue weighted by Gasteiger charge is 2.14. The van der Waals surface area contributed by atoms with Crippen molar-refractivity contribution in [2.45, 2.75) is 6.92 Å². The highest BCUT2D eigenvalue weighted by molar-refractivity contribution is 7.16. The third-order valence-corrected chi connectivity index (χ3v) is 4.92. The molecule has 5 nitrogen and oxygen atoms in total. The van der Waals surface area contributed by atoms with Crippen LogP contribution < -0.4 is 14.3 Å².